The highest BCUT2D eigenvalue weighted by atomic mass is 32.1. The molecule has 0 aliphatic heterocycles. The molecule has 0 amide bonds. The van der Waals surface area contributed by atoms with Crippen molar-refractivity contribution >= 4 is 57.5 Å². The summed E-state index contributed by atoms with van der Waals surface area (Å²) in [7, 11) is 0. The van der Waals surface area contributed by atoms with E-state index in [2.05, 4.69) is 24.3 Å². The van der Waals surface area contributed by atoms with E-state index in [1.54, 1.807) is 57.5 Å². The van der Waals surface area contributed by atoms with Crippen molar-refractivity contribution in [3.05, 3.63) is 69.4 Å². The Labute approximate surface area is 200 Å². The summed E-state index contributed by atoms with van der Waals surface area (Å²) >= 11 is 6.51. The molecule has 0 saturated heterocycles. The number of hydrogen-bond donors (Lipinski definition) is 0. The Kier molecular flexibility index (Phi) is 6.43. The van der Waals surface area contributed by atoms with Crippen molar-refractivity contribution in [2.24, 2.45) is 0 Å². The minimum atomic E-state index is 0.0973. The maximum absolute atomic E-state index is 8.93. The molecule has 4 aromatic heterocycles. The Balaban J connectivity index is 1.55. The summed E-state index contributed by atoms with van der Waals surface area (Å²) in [6, 6.07) is 23.8. The van der Waals surface area contributed by atoms with Gasteiger partial charge >= 0.3 is 0 Å². The molecule has 0 unspecified atom stereocenters. The van der Waals surface area contributed by atoms with Crippen molar-refractivity contribution < 1.29 is 0 Å². The Morgan fingerprint density at radius 2 is 0.750 bits per heavy atom. The van der Waals surface area contributed by atoms with Gasteiger partial charge in [-0.2, -0.15) is 21.0 Å². The molecule has 4 rings (SSSR count). The first kappa shape index (κ1) is 21.5. The second-order valence-electron chi connectivity index (χ2n) is 6.30. The molecular formula is C24H10N4S4. The van der Waals surface area contributed by atoms with Crippen LogP contribution < -0.4 is 0 Å². The minimum Gasteiger partial charge on any atom is -0.192 e. The summed E-state index contributed by atoms with van der Waals surface area (Å²) in [6.45, 7) is 0. The highest BCUT2D eigenvalue weighted by Crippen LogP contribution is 2.43. The van der Waals surface area contributed by atoms with Crippen LogP contribution in [0.5, 0.6) is 0 Å². The number of rotatable bonds is 5. The molecule has 4 heterocycles. The number of thiophene rings is 4. The first-order valence-corrected chi connectivity index (χ1v) is 12.3. The van der Waals surface area contributed by atoms with Crippen molar-refractivity contribution in [2.45, 2.75) is 0 Å². The number of nitrogens with zero attached hydrogens (tertiary/aromatic N) is 4. The third-order valence-corrected chi connectivity index (χ3v) is 9.07. The van der Waals surface area contributed by atoms with Crippen LogP contribution in [0, 0.1) is 45.3 Å². The van der Waals surface area contributed by atoms with Gasteiger partial charge in [0.25, 0.3) is 0 Å². The summed E-state index contributed by atoms with van der Waals surface area (Å²) < 4.78 is 0. The highest BCUT2D eigenvalue weighted by molar-refractivity contribution is 7.28. The fraction of sp³-hybridized carbons (Fsp3) is 0. The first-order chi connectivity index (χ1) is 15.6. The maximum Gasteiger partial charge on any atom is 0.131 e. The van der Waals surface area contributed by atoms with E-state index in [-0.39, 0.29) is 11.1 Å². The van der Waals surface area contributed by atoms with E-state index in [1.807, 2.05) is 48.5 Å². The van der Waals surface area contributed by atoms with Crippen LogP contribution in [-0.2, 0) is 0 Å². The molecule has 0 spiro atoms. The Morgan fingerprint density at radius 3 is 1.06 bits per heavy atom. The molecule has 0 N–H and O–H groups in total. The van der Waals surface area contributed by atoms with Crippen LogP contribution >= 0.6 is 45.3 Å². The van der Waals surface area contributed by atoms with Gasteiger partial charge in [-0.15, -0.1) is 45.3 Å². The molecule has 0 aliphatic carbocycles. The topological polar surface area (TPSA) is 95.2 Å². The van der Waals surface area contributed by atoms with Gasteiger partial charge in [0.05, 0.1) is 0 Å². The van der Waals surface area contributed by atoms with E-state index in [1.165, 1.54) is 9.75 Å². The molecule has 0 aromatic carbocycles. The second-order valence-corrected chi connectivity index (χ2v) is 10.7. The number of nitriles is 4. The van der Waals surface area contributed by atoms with Crippen molar-refractivity contribution in [1.82, 2.24) is 0 Å². The lowest BCUT2D eigenvalue weighted by Gasteiger charge is -1.92. The molecule has 0 fully saturated rings. The fourth-order valence-electron chi connectivity index (χ4n) is 2.79. The van der Waals surface area contributed by atoms with Crippen LogP contribution in [-0.4, -0.2) is 0 Å². The Hall–Kier alpha value is -3.76. The van der Waals surface area contributed by atoms with Gasteiger partial charge in [-0.3, -0.25) is 0 Å². The van der Waals surface area contributed by atoms with Crippen LogP contribution in [0.3, 0.4) is 0 Å². The standard InChI is InChI=1S/C24H10N4S4/c25-11-15(12-26)9-17-1-3-19(29-17)21-5-7-23(31-21)24-8-6-22(32-24)20-4-2-18(30-20)10-16(13-27)14-28/h1-10H. The van der Waals surface area contributed by atoms with Crippen molar-refractivity contribution in [2.75, 3.05) is 0 Å². The van der Waals surface area contributed by atoms with Crippen LogP contribution in [0.15, 0.2) is 59.7 Å². The first-order valence-electron chi connectivity index (χ1n) is 9.07. The average molecular weight is 483 g/mol. The van der Waals surface area contributed by atoms with Gasteiger partial charge in [0.15, 0.2) is 0 Å². The molecule has 0 radical (unpaired) electrons. The van der Waals surface area contributed by atoms with Gasteiger partial charge in [0, 0.05) is 39.0 Å². The smallest absolute Gasteiger partial charge is 0.131 e. The SMILES string of the molecule is N#CC(C#N)=Cc1ccc(-c2ccc(-c3ccc(-c4ccc(C=C(C#N)C#N)s4)s3)s2)s1. The normalized spacial score (nSPS) is 9.75. The second kappa shape index (κ2) is 9.58. The van der Waals surface area contributed by atoms with E-state index in [0.717, 1.165) is 29.3 Å². The monoisotopic (exact) mass is 482 g/mol. The van der Waals surface area contributed by atoms with Crippen LogP contribution in [0.25, 0.3) is 41.4 Å². The van der Waals surface area contributed by atoms with Gasteiger partial charge in [-0.1, -0.05) is 0 Å². The summed E-state index contributed by atoms with van der Waals surface area (Å²) in [6.07, 6.45) is 3.21. The van der Waals surface area contributed by atoms with E-state index in [4.69, 9.17) is 21.0 Å². The summed E-state index contributed by atoms with van der Waals surface area (Å²) in [5.74, 6) is 0. The molecule has 4 aromatic rings. The molecule has 8 heteroatoms. The molecule has 150 valence electrons. The van der Waals surface area contributed by atoms with Crippen LogP contribution in [0.1, 0.15) is 9.75 Å². The minimum absolute atomic E-state index is 0.0973. The molecular weight excluding hydrogens is 473 g/mol. The van der Waals surface area contributed by atoms with Crippen molar-refractivity contribution in [3.8, 4) is 53.5 Å². The summed E-state index contributed by atoms with van der Waals surface area (Å²) in [5, 5.41) is 35.7. The van der Waals surface area contributed by atoms with Gasteiger partial charge in [-0.25, -0.2) is 0 Å². The van der Waals surface area contributed by atoms with Gasteiger partial charge in [0.2, 0.25) is 0 Å². The van der Waals surface area contributed by atoms with E-state index in [9.17, 15) is 0 Å². The predicted octanol–water partition coefficient (Wildman–Crippen LogP) is 7.79. The molecule has 0 saturated carbocycles. The lowest BCUT2D eigenvalue weighted by atomic mass is 10.3. The third-order valence-electron chi connectivity index (χ3n) is 4.25. The van der Waals surface area contributed by atoms with Crippen molar-refractivity contribution in [1.29, 1.82) is 21.0 Å². The van der Waals surface area contributed by atoms with E-state index < -0.39 is 0 Å². The summed E-state index contributed by atoms with van der Waals surface area (Å²) in [5.41, 5.74) is 0.195. The molecule has 32 heavy (non-hydrogen) atoms. The lowest BCUT2D eigenvalue weighted by molar-refractivity contribution is 1.47. The van der Waals surface area contributed by atoms with Crippen LogP contribution in [0.2, 0.25) is 0 Å². The van der Waals surface area contributed by atoms with E-state index >= 15 is 0 Å². The molecule has 0 bridgehead atoms. The quantitative estimate of drug-likeness (QED) is 0.271. The molecule has 0 aliphatic rings. The zero-order valence-corrected chi connectivity index (χ0v) is 19.5. The Morgan fingerprint density at radius 1 is 0.469 bits per heavy atom. The number of allylic oxidation sites excluding steroid dienone is 2. The average Bonchev–Trinajstić information content (AvgIpc) is 3.61. The van der Waals surface area contributed by atoms with E-state index in [0.29, 0.717) is 0 Å². The van der Waals surface area contributed by atoms with Gasteiger partial charge < -0.3 is 0 Å². The zero-order valence-electron chi connectivity index (χ0n) is 16.2. The zero-order chi connectivity index (χ0) is 22.5. The van der Waals surface area contributed by atoms with Gasteiger partial charge in [0.1, 0.15) is 35.4 Å². The maximum atomic E-state index is 8.93. The van der Waals surface area contributed by atoms with Crippen molar-refractivity contribution in [3.63, 3.8) is 0 Å². The van der Waals surface area contributed by atoms with Gasteiger partial charge in [-0.05, 0) is 60.7 Å². The molecule has 4 nitrogen and oxygen atoms in total. The lowest BCUT2D eigenvalue weighted by Crippen LogP contribution is -1.68. The largest absolute Gasteiger partial charge is 0.192 e. The Bertz CT molecular complexity index is 1380. The fourth-order valence-corrected chi connectivity index (χ4v) is 6.98. The molecule has 0 atom stereocenters. The number of hydrogen-bond acceptors (Lipinski definition) is 8. The third kappa shape index (κ3) is 4.61. The predicted molar refractivity (Wildman–Crippen MR) is 133 cm³/mol. The highest BCUT2D eigenvalue weighted by Gasteiger charge is 2.11. The summed E-state index contributed by atoms with van der Waals surface area (Å²) in [4.78, 5) is 8.57. The van der Waals surface area contributed by atoms with Crippen LogP contribution in [0.4, 0.5) is 0 Å².